The van der Waals surface area contributed by atoms with Crippen LogP contribution in [0.1, 0.15) is 32.8 Å². The number of carbonyl (C=O) groups is 1. The predicted octanol–water partition coefficient (Wildman–Crippen LogP) is 2.63. The van der Waals surface area contributed by atoms with Crippen LogP contribution < -0.4 is 5.32 Å². The molecule has 2 nitrogen and oxygen atoms in total. The van der Waals surface area contributed by atoms with Crippen molar-refractivity contribution in [1.82, 2.24) is 5.32 Å². The maximum Gasteiger partial charge on any atom is 0.219 e. The molecule has 1 N–H and O–H groups in total. The van der Waals surface area contributed by atoms with Gasteiger partial charge in [0.2, 0.25) is 5.91 Å². The molecule has 0 aromatic heterocycles. The molecule has 0 saturated carbocycles. The van der Waals surface area contributed by atoms with Gasteiger partial charge in [0.1, 0.15) is 5.82 Å². The molecule has 0 spiro atoms. The number of carbonyl (C=O) groups excluding carboxylic acids is 1. The van der Waals surface area contributed by atoms with Crippen LogP contribution >= 0.6 is 0 Å². The fraction of sp³-hybridized carbons (Fsp3) is 0.462. The Bertz CT molecular complexity index is 374. The molecular weight excluding hydrogens is 205 g/mol. The maximum absolute atomic E-state index is 13.6. The summed E-state index contributed by atoms with van der Waals surface area (Å²) >= 11 is 0. The van der Waals surface area contributed by atoms with Gasteiger partial charge in [0.05, 0.1) is 0 Å². The normalized spacial score (nSPS) is 11.2. The lowest BCUT2D eigenvalue weighted by Crippen LogP contribution is -2.36. The molecule has 0 atom stereocenters. The molecule has 1 rings (SSSR count). The van der Waals surface area contributed by atoms with E-state index in [1.54, 1.807) is 19.1 Å². The van der Waals surface area contributed by atoms with Crippen LogP contribution in [-0.2, 0) is 10.2 Å². The quantitative estimate of drug-likeness (QED) is 0.835. The van der Waals surface area contributed by atoms with Crippen molar-refractivity contribution in [3.8, 4) is 0 Å². The molecule has 0 unspecified atom stereocenters. The van der Waals surface area contributed by atoms with Crippen LogP contribution in [0.5, 0.6) is 0 Å². The number of hydrogen-bond acceptors (Lipinski definition) is 1. The topological polar surface area (TPSA) is 29.1 Å². The fourth-order valence-corrected chi connectivity index (χ4v) is 1.55. The van der Waals surface area contributed by atoms with Gasteiger partial charge in [-0.3, -0.25) is 4.79 Å². The standard InChI is InChI=1S/C13H18FNO/c1-4-12(16)15-9-13(2,3)10-7-5-6-8-11(10)14/h5-8H,4,9H2,1-3H3,(H,15,16). The second kappa shape index (κ2) is 5.10. The number of hydrogen-bond donors (Lipinski definition) is 1. The van der Waals surface area contributed by atoms with Gasteiger partial charge in [0, 0.05) is 18.4 Å². The van der Waals surface area contributed by atoms with Gasteiger partial charge in [-0.15, -0.1) is 0 Å². The van der Waals surface area contributed by atoms with E-state index in [0.717, 1.165) is 0 Å². The van der Waals surface area contributed by atoms with Crippen molar-refractivity contribution in [1.29, 1.82) is 0 Å². The monoisotopic (exact) mass is 223 g/mol. The summed E-state index contributed by atoms with van der Waals surface area (Å²) in [5, 5.41) is 2.79. The minimum absolute atomic E-state index is 0.00980. The Morgan fingerprint density at radius 1 is 1.38 bits per heavy atom. The summed E-state index contributed by atoms with van der Waals surface area (Å²) in [5.41, 5.74) is 0.238. The first-order chi connectivity index (χ1) is 7.47. The Labute approximate surface area is 95.9 Å². The average molecular weight is 223 g/mol. The van der Waals surface area contributed by atoms with E-state index in [1.165, 1.54) is 6.07 Å². The Balaban J connectivity index is 2.77. The molecule has 3 heteroatoms. The number of rotatable bonds is 4. The lowest BCUT2D eigenvalue weighted by atomic mass is 9.84. The van der Waals surface area contributed by atoms with Crippen molar-refractivity contribution in [2.45, 2.75) is 32.6 Å². The highest BCUT2D eigenvalue weighted by Crippen LogP contribution is 2.24. The smallest absolute Gasteiger partial charge is 0.219 e. The molecule has 0 fully saturated rings. The van der Waals surface area contributed by atoms with Crippen LogP contribution in [0, 0.1) is 5.82 Å². The highest BCUT2D eigenvalue weighted by Gasteiger charge is 2.24. The Morgan fingerprint density at radius 2 is 2.00 bits per heavy atom. The maximum atomic E-state index is 13.6. The second-order valence-electron chi connectivity index (χ2n) is 4.49. The molecule has 0 aliphatic rings. The summed E-state index contributed by atoms with van der Waals surface area (Å²) in [5.74, 6) is -0.234. The van der Waals surface area contributed by atoms with Crippen molar-refractivity contribution in [2.75, 3.05) is 6.54 Å². The number of halogens is 1. The SMILES string of the molecule is CCC(=O)NCC(C)(C)c1ccccc1F. The zero-order valence-electron chi connectivity index (χ0n) is 10.0. The lowest BCUT2D eigenvalue weighted by Gasteiger charge is -2.26. The van der Waals surface area contributed by atoms with Crippen molar-refractivity contribution >= 4 is 5.91 Å². The number of benzene rings is 1. The number of nitrogens with one attached hydrogen (secondary N) is 1. The average Bonchev–Trinajstić information content (AvgIpc) is 2.26. The van der Waals surface area contributed by atoms with Crippen LogP contribution in [0.15, 0.2) is 24.3 Å². The Kier molecular flexibility index (Phi) is 4.05. The van der Waals surface area contributed by atoms with Crippen molar-refractivity contribution in [2.24, 2.45) is 0 Å². The molecule has 16 heavy (non-hydrogen) atoms. The first kappa shape index (κ1) is 12.7. The first-order valence-corrected chi connectivity index (χ1v) is 5.49. The van der Waals surface area contributed by atoms with Gasteiger partial charge in [-0.25, -0.2) is 4.39 Å². The molecule has 0 radical (unpaired) electrons. The summed E-state index contributed by atoms with van der Waals surface area (Å²) < 4.78 is 13.6. The van der Waals surface area contributed by atoms with Gasteiger partial charge < -0.3 is 5.32 Å². The first-order valence-electron chi connectivity index (χ1n) is 5.49. The minimum Gasteiger partial charge on any atom is -0.355 e. The summed E-state index contributed by atoms with van der Waals surface area (Å²) in [7, 11) is 0. The van der Waals surface area contributed by atoms with Crippen molar-refractivity contribution < 1.29 is 9.18 Å². The van der Waals surface area contributed by atoms with E-state index in [9.17, 15) is 9.18 Å². The summed E-state index contributed by atoms with van der Waals surface area (Å²) in [6, 6.07) is 6.67. The fourth-order valence-electron chi connectivity index (χ4n) is 1.55. The zero-order chi connectivity index (χ0) is 12.2. The highest BCUT2D eigenvalue weighted by molar-refractivity contribution is 5.75. The molecular formula is C13H18FNO. The predicted molar refractivity (Wildman–Crippen MR) is 62.7 cm³/mol. The second-order valence-corrected chi connectivity index (χ2v) is 4.49. The number of amides is 1. The van der Waals surface area contributed by atoms with Gasteiger partial charge in [-0.05, 0) is 11.6 Å². The minimum atomic E-state index is -0.393. The van der Waals surface area contributed by atoms with E-state index in [1.807, 2.05) is 19.9 Å². The lowest BCUT2D eigenvalue weighted by molar-refractivity contribution is -0.121. The Hall–Kier alpha value is -1.38. The molecule has 0 aliphatic carbocycles. The van der Waals surface area contributed by atoms with E-state index in [2.05, 4.69) is 5.32 Å². The summed E-state index contributed by atoms with van der Waals surface area (Å²) in [6.45, 7) is 6.08. The van der Waals surface area contributed by atoms with Crippen molar-refractivity contribution in [3.05, 3.63) is 35.6 Å². The molecule has 88 valence electrons. The van der Waals surface area contributed by atoms with E-state index < -0.39 is 5.41 Å². The third-order valence-corrected chi connectivity index (χ3v) is 2.65. The van der Waals surface area contributed by atoms with E-state index in [-0.39, 0.29) is 11.7 Å². The van der Waals surface area contributed by atoms with Crippen molar-refractivity contribution in [3.63, 3.8) is 0 Å². The van der Waals surface area contributed by atoms with Gasteiger partial charge in [-0.1, -0.05) is 39.0 Å². The van der Waals surface area contributed by atoms with Crippen LogP contribution in [-0.4, -0.2) is 12.5 Å². The highest BCUT2D eigenvalue weighted by atomic mass is 19.1. The third-order valence-electron chi connectivity index (χ3n) is 2.65. The van der Waals surface area contributed by atoms with Crippen LogP contribution in [0.3, 0.4) is 0 Å². The largest absolute Gasteiger partial charge is 0.355 e. The van der Waals surface area contributed by atoms with Gasteiger partial charge in [0.15, 0.2) is 0 Å². The van der Waals surface area contributed by atoms with Gasteiger partial charge in [0.25, 0.3) is 0 Å². The summed E-state index contributed by atoms with van der Waals surface area (Å²) in [4.78, 5) is 11.2. The molecule has 0 aliphatic heterocycles. The molecule has 0 saturated heterocycles. The van der Waals surface area contributed by atoms with E-state index in [4.69, 9.17) is 0 Å². The van der Waals surface area contributed by atoms with Gasteiger partial charge in [-0.2, -0.15) is 0 Å². The molecule has 0 heterocycles. The molecule has 1 aromatic rings. The van der Waals surface area contributed by atoms with E-state index in [0.29, 0.717) is 18.5 Å². The van der Waals surface area contributed by atoms with E-state index >= 15 is 0 Å². The molecule has 0 bridgehead atoms. The van der Waals surface area contributed by atoms with Crippen LogP contribution in [0.4, 0.5) is 4.39 Å². The Morgan fingerprint density at radius 3 is 2.56 bits per heavy atom. The van der Waals surface area contributed by atoms with Crippen LogP contribution in [0.2, 0.25) is 0 Å². The van der Waals surface area contributed by atoms with Crippen LogP contribution in [0.25, 0.3) is 0 Å². The van der Waals surface area contributed by atoms with Gasteiger partial charge >= 0.3 is 0 Å². The zero-order valence-corrected chi connectivity index (χ0v) is 10.0. The summed E-state index contributed by atoms with van der Waals surface area (Å²) in [6.07, 6.45) is 0.452. The molecule has 1 amide bonds. The molecule has 1 aromatic carbocycles. The third kappa shape index (κ3) is 3.05.